The number of rotatable bonds is 5. The zero-order valence-electron chi connectivity index (χ0n) is 12.8. The van der Waals surface area contributed by atoms with Gasteiger partial charge in [-0.2, -0.15) is 15.5 Å². The van der Waals surface area contributed by atoms with Gasteiger partial charge in [-0.15, -0.1) is 0 Å². The van der Waals surface area contributed by atoms with E-state index in [-0.39, 0.29) is 5.91 Å². The molecule has 0 saturated carbocycles. The Kier molecular flexibility index (Phi) is 4.20. The normalized spacial score (nSPS) is 13.4. The number of nitriles is 1. The highest BCUT2D eigenvalue weighted by molar-refractivity contribution is 5.80. The second-order valence-electron chi connectivity index (χ2n) is 5.54. The van der Waals surface area contributed by atoms with Gasteiger partial charge in [0.2, 0.25) is 5.91 Å². The van der Waals surface area contributed by atoms with Gasteiger partial charge in [-0.1, -0.05) is 12.2 Å². The van der Waals surface area contributed by atoms with Crippen LogP contribution in [-0.4, -0.2) is 33.5 Å². The van der Waals surface area contributed by atoms with Crippen LogP contribution in [0.5, 0.6) is 0 Å². The van der Waals surface area contributed by atoms with Crippen LogP contribution in [-0.2, 0) is 11.3 Å². The van der Waals surface area contributed by atoms with Crippen molar-refractivity contribution in [1.29, 1.82) is 5.26 Å². The fraction of sp³-hybridized carbons (Fsp3) is 0.294. The van der Waals surface area contributed by atoms with E-state index in [1.807, 2.05) is 16.8 Å². The number of carbonyl (C=O) groups is 1. The summed E-state index contributed by atoms with van der Waals surface area (Å²) in [5, 5.41) is 19.7. The summed E-state index contributed by atoms with van der Waals surface area (Å²) in [7, 11) is 0. The van der Waals surface area contributed by atoms with Crippen LogP contribution in [0.15, 0.2) is 41.6 Å². The minimum absolute atomic E-state index is 0.0314. The topological polar surface area (TPSA) is 74.3 Å². The predicted molar refractivity (Wildman–Crippen MR) is 87.6 cm³/mol. The van der Waals surface area contributed by atoms with Gasteiger partial charge in [0.05, 0.1) is 29.9 Å². The number of hydrogen-bond acceptors (Lipinski definition) is 4. The molecular weight excluding hydrogens is 290 g/mol. The van der Waals surface area contributed by atoms with E-state index in [9.17, 15) is 4.79 Å². The molecule has 0 saturated heterocycles. The molecule has 0 aliphatic carbocycles. The van der Waals surface area contributed by atoms with Gasteiger partial charge in [0.1, 0.15) is 0 Å². The standard InChI is InChI=1S/C17H17N5O/c1-13(3-6-17(23)21-8-2-7-19-21)12-22-16-5-4-14(10-18)9-15(16)11-20-22/h4-5,7,9,11H,1-3,6,8,12H2. The SMILES string of the molecule is C=C(CCC(=O)N1CCC=N1)Cn1ncc2cc(C#N)ccc21. The minimum Gasteiger partial charge on any atom is -0.273 e. The first-order valence-electron chi connectivity index (χ1n) is 7.52. The van der Waals surface area contributed by atoms with Crippen LogP contribution in [0.4, 0.5) is 0 Å². The third-order valence-corrected chi connectivity index (χ3v) is 3.82. The second-order valence-corrected chi connectivity index (χ2v) is 5.54. The Morgan fingerprint density at radius 1 is 1.39 bits per heavy atom. The molecule has 3 rings (SSSR count). The van der Waals surface area contributed by atoms with Gasteiger partial charge in [-0.05, 0) is 24.6 Å². The zero-order valence-corrected chi connectivity index (χ0v) is 12.8. The predicted octanol–water partition coefficient (Wildman–Crippen LogP) is 2.46. The zero-order chi connectivity index (χ0) is 16.2. The Hall–Kier alpha value is -2.94. The molecule has 1 aromatic carbocycles. The number of allylic oxidation sites excluding steroid dienone is 1. The van der Waals surface area contributed by atoms with Crippen molar-refractivity contribution in [3.8, 4) is 6.07 Å². The molecule has 0 bridgehead atoms. The number of hydrogen-bond donors (Lipinski definition) is 0. The van der Waals surface area contributed by atoms with Crippen LogP contribution >= 0.6 is 0 Å². The molecule has 23 heavy (non-hydrogen) atoms. The average molecular weight is 307 g/mol. The molecule has 0 unspecified atom stereocenters. The van der Waals surface area contributed by atoms with Gasteiger partial charge in [0.15, 0.2) is 0 Å². The number of benzene rings is 1. The summed E-state index contributed by atoms with van der Waals surface area (Å²) in [6.07, 6.45) is 5.36. The lowest BCUT2D eigenvalue weighted by Gasteiger charge is -2.12. The van der Waals surface area contributed by atoms with E-state index in [2.05, 4.69) is 22.8 Å². The molecule has 0 N–H and O–H groups in total. The number of aromatic nitrogens is 2. The second kappa shape index (κ2) is 6.44. The van der Waals surface area contributed by atoms with Gasteiger partial charge in [-0.25, -0.2) is 5.01 Å². The van der Waals surface area contributed by atoms with Crippen molar-refractivity contribution in [2.24, 2.45) is 5.10 Å². The number of hydrazone groups is 1. The van der Waals surface area contributed by atoms with Crippen molar-refractivity contribution in [3.05, 3.63) is 42.1 Å². The summed E-state index contributed by atoms with van der Waals surface area (Å²) >= 11 is 0. The molecular formula is C17H17N5O. The third kappa shape index (κ3) is 3.29. The highest BCUT2D eigenvalue weighted by Crippen LogP contribution is 2.18. The van der Waals surface area contributed by atoms with Crippen LogP contribution in [0, 0.1) is 11.3 Å². The van der Waals surface area contributed by atoms with Crippen molar-refractivity contribution in [3.63, 3.8) is 0 Å². The van der Waals surface area contributed by atoms with E-state index in [1.54, 1.807) is 18.5 Å². The first kappa shape index (κ1) is 15.0. The first-order chi connectivity index (χ1) is 11.2. The van der Waals surface area contributed by atoms with Crippen molar-refractivity contribution in [1.82, 2.24) is 14.8 Å². The molecule has 0 radical (unpaired) electrons. The summed E-state index contributed by atoms with van der Waals surface area (Å²) < 4.78 is 1.84. The average Bonchev–Trinajstić information content (AvgIpc) is 3.22. The highest BCUT2D eigenvalue weighted by atomic mass is 16.2. The maximum Gasteiger partial charge on any atom is 0.242 e. The monoisotopic (exact) mass is 307 g/mol. The molecule has 116 valence electrons. The Bertz CT molecular complexity index is 827. The van der Waals surface area contributed by atoms with Gasteiger partial charge >= 0.3 is 0 Å². The van der Waals surface area contributed by atoms with Crippen LogP contribution in [0.3, 0.4) is 0 Å². The first-order valence-corrected chi connectivity index (χ1v) is 7.52. The molecule has 1 aliphatic heterocycles. The number of amides is 1. The Balaban J connectivity index is 1.60. The van der Waals surface area contributed by atoms with Crippen LogP contribution in [0.2, 0.25) is 0 Å². The van der Waals surface area contributed by atoms with Crippen molar-refractivity contribution in [2.45, 2.75) is 25.8 Å². The Labute approximate surface area is 134 Å². The quantitative estimate of drug-likeness (QED) is 0.796. The third-order valence-electron chi connectivity index (χ3n) is 3.82. The Morgan fingerprint density at radius 3 is 3.00 bits per heavy atom. The lowest BCUT2D eigenvalue weighted by Crippen LogP contribution is -2.23. The molecule has 2 heterocycles. The summed E-state index contributed by atoms with van der Waals surface area (Å²) in [4.78, 5) is 12.0. The van der Waals surface area contributed by atoms with Crippen molar-refractivity contribution < 1.29 is 4.79 Å². The summed E-state index contributed by atoms with van der Waals surface area (Å²) in [6.45, 7) is 5.28. The van der Waals surface area contributed by atoms with E-state index in [1.165, 1.54) is 5.01 Å². The van der Waals surface area contributed by atoms with E-state index in [0.717, 1.165) is 22.9 Å². The molecule has 6 heteroatoms. The van der Waals surface area contributed by atoms with Crippen LogP contribution < -0.4 is 0 Å². The Morgan fingerprint density at radius 2 is 2.26 bits per heavy atom. The van der Waals surface area contributed by atoms with Crippen molar-refractivity contribution >= 4 is 23.0 Å². The summed E-state index contributed by atoms with van der Waals surface area (Å²) in [6, 6.07) is 7.60. The molecule has 0 atom stereocenters. The van der Waals surface area contributed by atoms with E-state index in [4.69, 9.17) is 5.26 Å². The molecule has 6 nitrogen and oxygen atoms in total. The van der Waals surface area contributed by atoms with Crippen LogP contribution in [0.25, 0.3) is 10.9 Å². The fourth-order valence-electron chi connectivity index (χ4n) is 2.57. The number of carbonyl (C=O) groups excluding carboxylic acids is 1. The molecule has 1 aromatic heterocycles. The molecule has 1 aliphatic rings. The maximum absolute atomic E-state index is 12.0. The summed E-state index contributed by atoms with van der Waals surface area (Å²) in [5.41, 5.74) is 2.52. The van der Waals surface area contributed by atoms with Gasteiger partial charge < -0.3 is 0 Å². The van der Waals surface area contributed by atoms with Gasteiger partial charge in [0, 0.05) is 31.0 Å². The lowest BCUT2D eigenvalue weighted by atomic mass is 10.1. The maximum atomic E-state index is 12.0. The molecule has 2 aromatic rings. The van der Waals surface area contributed by atoms with E-state index >= 15 is 0 Å². The largest absolute Gasteiger partial charge is 0.273 e. The lowest BCUT2D eigenvalue weighted by molar-refractivity contribution is -0.130. The fourth-order valence-corrected chi connectivity index (χ4v) is 2.57. The molecule has 0 spiro atoms. The number of nitrogens with zero attached hydrogens (tertiary/aromatic N) is 5. The minimum atomic E-state index is 0.0314. The summed E-state index contributed by atoms with van der Waals surface area (Å²) in [5.74, 6) is 0.0314. The molecule has 0 fully saturated rings. The smallest absolute Gasteiger partial charge is 0.242 e. The van der Waals surface area contributed by atoms with Crippen molar-refractivity contribution in [2.75, 3.05) is 6.54 Å². The van der Waals surface area contributed by atoms with E-state index < -0.39 is 0 Å². The van der Waals surface area contributed by atoms with Gasteiger partial charge in [0.25, 0.3) is 0 Å². The van der Waals surface area contributed by atoms with E-state index in [0.29, 0.717) is 31.5 Å². The molecule has 1 amide bonds. The highest BCUT2D eigenvalue weighted by Gasteiger charge is 2.15. The number of fused-ring (bicyclic) bond motifs is 1. The van der Waals surface area contributed by atoms with Crippen LogP contribution in [0.1, 0.15) is 24.8 Å². The van der Waals surface area contributed by atoms with Gasteiger partial charge in [-0.3, -0.25) is 9.48 Å².